The first-order chi connectivity index (χ1) is 9.08. The Bertz CT molecular complexity index is 621. The molecule has 4 heteroatoms. The predicted molar refractivity (Wildman–Crippen MR) is 72.7 cm³/mol. The van der Waals surface area contributed by atoms with Crippen molar-refractivity contribution in [1.29, 1.82) is 0 Å². The summed E-state index contributed by atoms with van der Waals surface area (Å²) in [5.41, 5.74) is 1.32. The monoisotopic (exact) mass is 274 g/mol. The first kappa shape index (κ1) is 13.3. The van der Waals surface area contributed by atoms with E-state index >= 15 is 0 Å². The van der Waals surface area contributed by atoms with Crippen molar-refractivity contribution in [2.24, 2.45) is 0 Å². The normalized spacial score (nSPS) is 10.2. The van der Waals surface area contributed by atoms with Crippen molar-refractivity contribution in [2.45, 2.75) is 6.42 Å². The van der Waals surface area contributed by atoms with Crippen molar-refractivity contribution in [3.05, 3.63) is 70.2 Å². The summed E-state index contributed by atoms with van der Waals surface area (Å²) in [7, 11) is 0. The van der Waals surface area contributed by atoms with Crippen molar-refractivity contribution < 1.29 is 14.7 Å². The van der Waals surface area contributed by atoms with Crippen molar-refractivity contribution >= 4 is 23.4 Å². The lowest BCUT2D eigenvalue weighted by Crippen LogP contribution is -2.09. The Labute approximate surface area is 115 Å². The summed E-state index contributed by atoms with van der Waals surface area (Å²) in [6, 6.07) is 13.4. The van der Waals surface area contributed by atoms with Crippen molar-refractivity contribution in [3.8, 4) is 0 Å². The number of ketones is 1. The number of hydrogen-bond donors (Lipinski definition) is 1. The number of carboxylic acids is 1. The van der Waals surface area contributed by atoms with Crippen LogP contribution in [0.2, 0.25) is 5.02 Å². The Morgan fingerprint density at radius 2 is 1.74 bits per heavy atom. The summed E-state index contributed by atoms with van der Waals surface area (Å²) in [5.74, 6) is -1.20. The second kappa shape index (κ2) is 5.67. The zero-order valence-electron chi connectivity index (χ0n) is 9.97. The molecule has 0 aliphatic heterocycles. The molecule has 0 saturated heterocycles. The highest BCUT2D eigenvalue weighted by molar-refractivity contribution is 6.30. The van der Waals surface area contributed by atoms with E-state index in [1.807, 2.05) is 6.07 Å². The number of benzene rings is 2. The molecule has 1 N–H and O–H groups in total. The molecule has 0 radical (unpaired) electrons. The van der Waals surface area contributed by atoms with E-state index in [1.54, 1.807) is 36.4 Å². The standard InChI is InChI=1S/C15H11ClO3/c16-12-6-7-13(11(8-12)9-14(17)18)15(19)10-4-2-1-3-5-10/h1-8H,9H2,(H,17,18). The molecule has 0 amide bonds. The lowest BCUT2D eigenvalue weighted by atomic mass is 9.97. The van der Waals surface area contributed by atoms with Gasteiger partial charge in [0.2, 0.25) is 0 Å². The highest BCUT2D eigenvalue weighted by atomic mass is 35.5. The van der Waals surface area contributed by atoms with Crippen LogP contribution < -0.4 is 0 Å². The summed E-state index contributed by atoms with van der Waals surface area (Å²) in [4.78, 5) is 23.2. The van der Waals surface area contributed by atoms with E-state index in [2.05, 4.69) is 0 Å². The molecule has 3 nitrogen and oxygen atoms in total. The van der Waals surface area contributed by atoms with Gasteiger partial charge in [-0.25, -0.2) is 0 Å². The van der Waals surface area contributed by atoms with Gasteiger partial charge in [0.15, 0.2) is 5.78 Å². The summed E-state index contributed by atoms with van der Waals surface area (Å²) in [6.07, 6.45) is -0.228. The fourth-order valence-corrected chi connectivity index (χ4v) is 2.03. The minimum Gasteiger partial charge on any atom is -0.481 e. The molecule has 0 saturated carbocycles. The van der Waals surface area contributed by atoms with Crippen molar-refractivity contribution in [2.75, 3.05) is 0 Å². The van der Waals surface area contributed by atoms with Crippen molar-refractivity contribution in [3.63, 3.8) is 0 Å². The first-order valence-electron chi connectivity index (χ1n) is 5.68. The summed E-state index contributed by atoms with van der Waals surface area (Å²) in [6.45, 7) is 0. The molecule has 0 aliphatic rings. The Hall–Kier alpha value is -2.13. The van der Waals surface area contributed by atoms with E-state index in [0.29, 0.717) is 21.7 Å². The average molecular weight is 275 g/mol. The average Bonchev–Trinajstić information content (AvgIpc) is 2.38. The van der Waals surface area contributed by atoms with Crippen LogP contribution >= 0.6 is 11.6 Å². The number of hydrogen-bond acceptors (Lipinski definition) is 2. The fourth-order valence-electron chi connectivity index (χ4n) is 1.84. The SMILES string of the molecule is O=C(O)Cc1cc(Cl)ccc1C(=O)c1ccccc1. The molecular formula is C15H11ClO3. The molecule has 19 heavy (non-hydrogen) atoms. The highest BCUT2D eigenvalue weighted by Crippen LogP contribution is 2.20. The summed E-state index contributed by atoms with van der Waals surface area (Å²) >= 11 is 5.85. The number of rotatable bonds is 4. The summed E-state index contributed by atoms with van der Waals surface area (Å²) in [5, 5.41) is 9.30. The Balaban J connectivity index is 2.44. The smallest absolute Gasteiger partial charge is 0.307 e. The van der Waals surface area contributed by atoms with Gasteiger partial charge in [-0.05, 0) is 23.8 Å². The number of carbonyl (C=O) groups is 2. The third-order valence-corrected chi connectivity index (χ3v) is 2.92. The van der Waals surface area contributed by atoms with Crippen LogP contribution in [0.25, 0.3) is 0 Å². The van der Waals surface area contributed by atoms with Crippen LogP contribution in [0.4, 0.5) is 0 Å². The molecule has 2 aromatic rings. The molecular weight excluding hydrogens is 264 g/mol. The van der Waals surface area contributed by atoms with Crippen LogP contribution in [-0.2, 0) is 11.2 Å². The van der Waals surface area contributed by atoms with Gasteiger partial charge >= 0.3 is 5.97 Å². The molecule has 96 valence electrons. The molecule has 0 unspecified atom stereocenters. The Morgan fingerprint density at radius 1 is 1.05 bits per heavy atom. The molecule has 0 heterocycles. The van der Waals surface area contributed by atoms with Crippen LogP contribution in [0.15, 0.2) is 48.5 Å². The van der Waals surface area contributed by atoms with Gasteiger partial charge < -0.3 is 5.11 Å². The van der Waals surface area contributed by atoms with E-state index in [0.717, 1.165) is 0 Å². The zero-order valence-corrected chi connectivity index (χ0v) is 10.7. The van der Waals surface area contributed by atoms with Gasteiger partial charge in [0.1, 0.15) is 0 Å². The van der Waals surface area contributed by atoms with E-state index in [1.165, 1.54) is 6.07 Å². The minimum atomic E-state index is -0.996. The third kappa shape index (κ3) is 3.20. The fraction of sp³-hybridized carbons (Fsp3) is 0.0667. The van der Waals surface area contributed by atoms with Crippen molar-refractivity contribution in [1.82, 2.24) is 0 Å². The lowest BCUT2D eigenvalue weighted by molar-refractivity contribution is -0.136. The van der Waals surface area contributed by atoms with Gasteiger partial charge in [0, 0.05) is 16.1 Å². The Kier molecular flexibility index (Phi) is 3.97. The highest BCUT2D eigenvalue weighted by Gasteiger charge is 2.15. The molecule has 0 spiro atoms. The van der Waals surface area contributed by atoms with Gasteiger partial charge in [0.25, 0.3) is 0 Å². The lowest BCUT2D eigenvalue weighted by Gasteiger charge is -2.07. The maximum atomic E-state index is 12.3. The van der Waals surface area contributed by atoms with Gasteiger partial charge in [-0.2, -0.15) is 0 Å². The maximum absolute atomic E-state index is 12.3. The van der Waals surface area contributed by atoms with Crippen LogP contribution in [0.5, 0.6) is 0 Å². The number of halogens is 1. The van der Waals surface area contributed by atoms with Crippen LogP contribution in [0.3, 0.4) is 0 Å². The third-order valence-electron chi connectivity index (χ3n) is 2.69. The maximum Gasteiger partial charge on any atom is 0.307 e. The summed E-state index contributed by atoms with van der Waals surface area (Å²) < 4.78 is 0. The molecule has 0 atom stereocenters. The van der Waals surface area contributed by atoms with Gasteiger partial charge in [0.05, 0.1) is 6.42 Å². The predicted octanol–water partition coefficient (Wildman–Crippen LogP) is 3.20. The topological polar surface area (TPSA) is 54.4 Å². The molecule has 0 fully saturated rings. The van der Waals surface area contributed by atoms with E-state index < -0.39 is 5.97 Å². The van der Waals surface area contributed by atoms with E-state index in [9.17, 15) is 9.59 Å². The Morgan fingerprint density at radius 3 is 2.37 bits per heavy atom. The first-order valence-corrected chi connectivity index (χ1v) is 6.05. The van der Waals surface area contributed by atoms with Gasteiger partial charge in [-0.3, -0.25) is 9.59 Å². The zero-order chi connectivity index (χ0) is 13.8. The second-order valence-electron chi connectivity index (χ2n) is 4.07. The number of carbonyl (C=O) groups excluding carboxylic acids is 1. The van der Waals surface area contributed by atoms with Crippen LogP contribution in [0, 0.1) is 0 Å². The van der Waals surface area contributed by atoms with Gasteiger partial charge in [-0.1, -0.05) is 41.9 Å². The number of carboxylic acid groups (broad SMARTS) is 1. The van der Waals surface area contributed by atoms with Gasteiger partial charge in [-0.15, -0.1) is 0 Å². The van der Waals surface area contributed by atoms with Crippen LogP contribution in [-0.4, -0.2) is 16.9 Å². The molecule has 0 aliphatic carbocycles. The quantitative estimate of drug-likeness (QED) is 0.871. The molecule has 2 aromatic carbocycles. The number of aliphatic carboxylic acids is 1. The minimum absolute atomic E-state index is 0.200. The molecule has 2 rings (SSSR count). The van der Waals surface area contributed by atoms with E-state index in [4.69, 9.17) is 16.7 Å². The van der Waals surface area contributed by atoms with Crippen LogP contribution in [0.1, 0.15) is 21.5 Å². The molecule has 0 aromatic heterocycles. The largest absolute Gasteiger partial charge is 0.481 e. The van der Waals surface area contributed by atoms with E-state index in [-0.39, 0.29) is 12.2 Å². The molecule has 0 bridgehead atoms. The second-order valence-corrected chi connectivity index (χ2v) is 4.50.